The molecule has 0 saturated carbocycles. The first-order valence-electron chi connectivity index (χ1n) is 4.79. The van der Waals surface area contributed by atoms with Crippen molar-refractivity contribution in [1.29, 1.82) is 0 Å². The van der Waals surface area contributed by atoms with Crippen LogP contribution < -0.4 is 4.74 Å². The number of aliphatic hydroxyl groups excluding tert-OH is 1. The molecular formula is C11H12O4S. The van der Waals surface area contributed by atoms with Crippen molar-refractivity contribution in [3.63, 3.8) is 0 Å². The van der Waals surface area contributed by atoms with Gasteiger partial charge < -0.3 is 9.84 Å². The van der Waals surface area contributed by atoms with Crippen molar-refractivity contribution >= 4 is 15.9 Å². The van der Waals surface area contributed by atoms with E-state index in [2.05, 4.69) is 0 Å². The Morgan fingerprint density at radius 2 is 2.06 bits per heavy atom. The SMILES string of the molecule is COc1ccc2c(c1)S(=O)(=O)C(C(C)O)=C2. The normalized spacial score (nSPS) is 18.8. The zero-order valence-corrected chi connectivity index (χ0v) is 9.78. The summed E-state index contributed by atoms with van der Waals surface area (Å²) < 4.78 is 29.0. The molecule has 0 saturated heterocycles. The molecule has 4 nitrogen and oxygen atoms in total. The van der Waals surface area contributed by atoms with Crippen molar-refractivity contribution in [2.75, 3.05) is 7.11 Å². The molecule has 5 heteroatoms. The summed E-state index contributed by atoms with van der Waals surface area (Å²) in [5.74, 6) is 0.488. The average Bonchev–Trinajstić information content (AvgIpc) is 2.50. The quantitative estimate of drug-likeness (QED) is 0.843. The van der Waals surface area contributed by atoms with E-state index in [1.54, 1.807) is 12.1 Å². The Balaban J connectivity index is 2.62. The lowest BCUT2D eigenvalue weighted by atomic mass is 10.2. The van der Waals surface area contributed by atoms with E-state index in [0.29, 0.717) is 11.3 Å². The lowest BCUT2D eigenvalue weighted by molar-refractivity contribution is 0.240. The molecule has 1 unspecified atom stereocenters. The van der Waals surface area contributed by atoms with E-state index in [9.17, 15) is 13.5 Å². The fourth-order valence-corrected chi connectivity index (χ4v) is 3.39. The number of ether oxygens (including phenoxy) is 1. The molecule has 0 radical (unpaired) electrons. The van der Waals surface area contributed by atoms with Crippen molar-refractivity contribution in [2.45, 2.75) is 17.9 Å². The highest BCUT2D eigenvalue weighted by molar-refractivity contribution is 7.96. The van der Waals surface area contributed by atoms with Gasteiger partial charge in [-0.25, -0.2) is 8.42 Å². The van der Waals surface area contributed by atoms with Gasteiger partial charge in [0.15, 0.2) is 0 Å². The predicted octanol–water partition coefficient (Wildman–Crippen LogP) is 1.20. The van der Waals surface area contributed by atoms with Crippen LogP contribution in [0, 0.1) is 0 Å². The smallest absolute Gasteiger partial charge is 0.206 e. The Morgan fingerprint density at radius 3 is 2.62 bits per heavy atom. The average molecular weight is 240 g/mol. The summed E-state index contributed by atoms with van der Waals surface area (Å²) in [7, 11) is -2.07. The molecule has 1 aromatic rings. The molecule has 1 aromatic carbocycles. The first-order valence-corrected chi connectivity index (χ1v) is 6.28. The summed E-state index contributed by atoms with van der Waals surface area (Å²) in [6, 6.07) is 4.83. The Hall–Kier alpha value is -1.33. The summed E-state index contributed by atoms with van der Waals surface area (Å²) in [5, 5.41) is 9.41. The number of methoxy groups -OCH3 is 1. The summed E-state index contributed by atoms with van der Waals surface area (Å²) in [6.07, 6.45) is 0.498. The third kappa shape index (κ3) is 1.52. The lowest BCUT2D eigenvalue weighted by Gasteiger charge is -2.06. The topological polar surface area (TPSA) is 63.6 Å². The fourth-order valence-electron chi connectivity index (χ4n) is 1.70. The second-order valence-electron chi connectivity index (χ2n) is 3.63. The Labute approximate surface area is 94.1 Å². The van der Waals surface area contributed by atoms with E-state index in [-0.39, 0.29) is 9.80 Å². The second kappa shape index (κ2) is 3.61. The number of aliphatic hydroxyl groups is 1. The molecule has 1 N–H and O–H groups in total. The fraction of sp³-hybridized carbons (Fsp3) is 0.273. The van der Waals surface area contributed by atoms with Crippen LogP contribution >= 0.6 is 0 Å². The number of sulfone groups is 1. The number of fused-ring (bicyclic) bond motifs is 1. The van der Waals surface area contributed by atoms with Gasteiger partial charge in [-0.15, -0.1) is 0 Å². The third-order valence-electron chi connectivity index (χ3n) is 2.53. The first-order chi connectivity index (χ1) is 7.46. The maximum Gasteiger partial charge on any atom is 0.206 e. The van der Waals surface area contributed by atoms with E-state index >= 15 is 0 Å². The van der Waals surface area contributed by atoms with Crippen LogP contribution in [0.5, 0.6) is 5.75 Å². The van der Waals surface area contributed by atoms with Gasteiger partial charge in [-0.2, -0.15) is 0 Å². The van der Waals surface area contributed by atoms with E-state index in [0.717, 1.165) is 0 Å². The molecule has 1 atom stereocenters. The van der Waals surface area contributed by atoms with Crippen LogP contribution in [0.4, 0.5) is 0 Å². The van der Waals surface area contributed by atoms with Crippen LogP contribution in [0.2, 0.25) is 0 Å². The Kier molecular flexibility index (Phi) is 2.52. The summed E-state index contributed by atoms with van der Waals surface area (Å²) >= 11 is 0. The Bertz CT molecular complexity index is 555. The van der Waals surface area contributed by atoms with Gasteiger partial charge in [-0.3, -0.25) is 0 Å². The Morgan fingerprint density at radius 1 is 1.38 bits per heavy atom. The van der Waals surface area contributed by atoms with Crippen LogP contribution in [-0.4, -0.2) is 26.7 Å². The molecule has 0 spiro atoms. The standard InChI is InChI=1S/C11H12O4S/c1-7(12)10-5-8-3-4-9(15-2)6-11(8)16(10,13)14/h3-7,12H,1-2H3. The summed E-state index contributed by atoms with van der Waals surface area (Å²) in [6.45, 7) is 1.44. The first kappa shape index (κ1) is 11.2. The minimum atomic E-state index is -3.55. The summed E-state index contributed by atoms with van der Waals surface area (Å²) in [5.41, 5.74) is 0.594. The maximum atomic E-state index is 12.0. The van der Waals surface area contributed by atoms with Gasteiger partial charge in [0.25, 0.3) is 0 Å². The minimum absolute atomic E-state index is 0.0377. The molecule has 1 aliphatic rings. The van der Waals surface area contributed by atoms with E-state index in [1.807, 2.05) is 0 Å². The molecule has 86 valence electrons. The van der Waals surface area contributed by atoms with E-state index in [1.165, 1.54) is 26.2 Å². The van der Waals surface area contributed by atoms with Crippen molar-refractivity contribution in [3.05, 3.63) is 28.7 Å². The predicted molar refractivity (Wildman–Crippen MR) is 59.8 cm³/mol. The van der Waals surface area contributed by atoms with E-state index < -0.39 is 15.9 Å². The van der Waals surface area contributed by atoms with Gasteiger partial charge in [-0.05, 0) is 36.8 Å². The zero-order valence-electron chi connectivity index (χ0n) is 8.97. The second-order valence-corrected chi connectivity index (χ2v) is 5.55. The molecule has 0 fully saturated rings. The van der Waals surface area contributed by atoms with Crippen molar-refractivity contribution in [3.8, 4) is 5.75 Å². The van der Waals surface area contributed by atoms with E-state index in [4.69, 9.17) is 4.74 Å². The molecule has 0 aliphatic carbocycles. The largest absolute Gasteiger partial charge is 0.497 e. The van der Waals surface area contributed by atoms with Crippen molar-refractivity contribution < 1.29 is 18.3 Å². The van der Waals surface area contributed by atoms with Crippen LogP contribution in [0.15, 0.2) is 28.0 Å². The van der Waals surface area contributed by atoms with Gasteiger partial charge in [0.2, 0.25) is 9.84 Å². The molecule has 1 heterocycles. The van der Waals surface area contributed by atoms with Crippen molar-refractivity contribution in [1.82, 2.24) is 0 Å². The van der Waals surface area contributed by atoms with Crippen LogP contribution in [0.25, 0.3) is 6.08 Å². The van der Waals surface area contributed by atoms with Gasteiger partial charge in [-0.1, -0.05) is 0 Å². The highest BCUT2D eigenvalue weighted by atomic mass is 32.2. The molecule has 1 aliphatic heterocycles. The maximum absolute atomic E-state index is 12.0. The molecule has 0 amide bonds. The number of benzene rings is 1. The summed E-state index contributed by atoms with van der Waals surface area (Å²) in [4.78, 5) is 0.235. The van der Waals surface area contributed by atoms with Crippen LogP contribution in [0.3, 0.4) is 0 Å². The number of hydrogen-bond acceptors (Lipinski definition) is 4. The van der Waals surface area contributed by atoms with Gasteiger partial charge in [0.05, 0.1) is 23.0 Å². The number of rotatable bonds is 2. The monoisotopic (exact) mass is 240 g/mol. The molecule has 2 rings (SSSR count). The van der Waals surface area contributed by atoms with Crippen molar-refractivity contribution in [2.24, 2.45) is 0 Å². The molecule has 0 bridgehead atoms. The van der Waals surface area contributed by atoms with Gasteiger partial charge in [0.1, 0.15) is 5.75 Å². The van der Waals surface area contributed by atoms with Gasteiger partial charge in [0, 0.05) is 0 Å². The minimum Gasteiger partial charge on any atom is -0.497 e. The highest BCUT2D eigenvalue weighted by Crippen LogP contribution is 2.36. The number of hydrogen-bond donors (Lipinski definition) is 1. The highest BCUT2D eigenvalue weighted by Gasteiger charge is 2.32. The zero-order chi connectivity index (χ0) is 11.9. The third-order valence-corrected chi connectivity index (χ3v) is 4.54. The molecule has 0 aromatic heterocycles. The lowest BCUT2D eigenvalue weighted by Crippen LogP contribution is -2.12. The van der Waals surface area contributed by atoms with Crippen LogP contribution in [0.1, 0.15) is 12.5 Å². The molecular weight excluding hydrogens is 228 g/mol. The molecule has 16 heavy (non-hydrogen) atoms. The van der Waals surface area contributed by atoms with Crippen LogP contribution in [-0.2, 0) is 9.84 Å². The van der Waals surface area contributed by atoms with Gasteiger partial charge >= 0.3 is 0 Å².